The first-order valence-electron chi connectivity index (χ1n) is 11.8. The third kappa shape index (κ3) is 5.87. The van der Waals surface area contributed by atoms with Crippen molar-refractivity contribution in [3.63, 3.8) is 0 Å². The maximum absolute atomic E-state index is 13.0. The van der Waals surface area contributed by atoms with Crippen LogP contribution in [0.1, 0.15) is 36.7 Å². The summed E-state index contributed by atoms with van der Waals surface area (Å²) >= 11 is 0. The number of rotatable bonds is 8. The predicted molar refractivity (Wildman–Crippen MR) is 126 cm³/mol. The van der Waals surface area contributed by atoms with Crippen molar-refractivity contribution in [3.05, 3.63) is 64.5 Å². The van der Waals surface area contributed by atoms with Crippen molar-refractivity contribution in [2.45, 2.75) is 49.8 Å². The van der Waals surface area contributed by atoms with E-state index in [4.69, 9.17) is 4.74 Å². The number of ether oxygens (including phenoxy) is 1. The number of pyridine rings is 2. The summed E-state index contributed by atoms with van der Waals surface area (Å²) in [6.45, 7) is 1.09. The number of halogens is 3. The highest BCUT2D eigenvalue weighted by molar-refractivity contribution is 5.42. The largest absolute Gasteiger partial charge is 0.421 e. The van der Waals surface area contributed by atoms with Gasteiger partial charge in [0, 0.05) is 18.3 Å². The highest BCUT2D eigenvalue weighted by Gasteiger charge is 2.34. The summed E-state index contributed by atoms with van der Waals surface area (Å²) < 4.78 is 45.1. The first kappa shape index (κ1) is 25.0. The van der Waals surface area contributed by atoms with Gasteiger partial charge >= 0.3 is 6.18 Å². The van der Waals surface area contributed by atoms with Gasteiger partial charge in [0.1, 0.15) is 17.1 Å². The van der Waals surface area contributed by atoms with Crippen molar-refractivity contribution in [1.82, 2.24) is 30.0 Å². The molecule has 1 aliphatic carbocycles. The number of anilines is 2. The molecule has 2 aliphatic rings. The second-order valence-corrected chi connectivity index (χ2v) is 9.00. The molecule has 1 saturated carbocycles. The molecule has 0 aromatic carbocycles. The topological polar surface area (TPSA) is 139 Å². The molecule has 3 atom stereocenters. The molecule has 4 N–H and O–H groups in total. The van der Waals surface area contributed by atoms with Crippen LogP contribution in [0.25, 0.3) is 5.69 Å². The summed E-state index contributed by atoms with van der Waals surface area (Å²) in [5.41, 5.74) is -1.81. The number of aliphatic hydroxyl groups excluding tert-OH is 1. The number of nitrogens with zero attached hydrogens (tertiary/aromatic N) is 5. The molecule has 2 fully saturated rings. The van der Waals surface area contributed by atoms with Crippen molar-refractivity contribution < 1.29 is 23.0 Å². The van der Waals surface area contributed by atoms with Gasteiger partial charge in [-0.25, -0.2) is 9.97 Å². The zero-order chi connectivity index (χ0) is 26.0. The van der Waals surface area contributed by atoms with E-state index in [1.807, 2.05) is 0 Å². The van der Waals surface area contributed by atoms with Crippen LogP contribution in [-0.2, 0) is 10.9 Å². The summed E-state index contributed by atoms with van der Waals surface area (Å²) in [6, 6.07) is 5.41. The first-order chi connectivity index (χ1) is 17.8. The van der Waals surface area contributed by atoms with E-state index in [-0.39, 0.29) is 23.8 Å². The fourth-order valence-electron chi connectivity index (χ4n) is 4.28. The Morgan fingerprint density at radius 2 is 1.81 bits per heavy atom. The van der Waals surface area contributed by atoms with Crippen LogP contribution in [0.5, 0.6) is 0 Å². The highest BCUT2D eigenvalue weighted by atomic mass is 19.4. The molecule has 0 spiro atoms. The zero-order valence-electron chi connectivity index (χ0n) is 19.5. The van der Waals surface area contributed by atoms with Crippen molar-refractivity contribution in [1.29, 1.82) is 0 Å². The lowest BCUT2D eigenvalue weighted by Gasteiger charge is -2.28. The highest BCUT2D eigenvalue weighted by Crippen LogP contribution is 2.27. The Kier molecular flexibility index (Phi) is 7.04. The Bertz CT molecular complexity index is 1270. The molecule has 37 heavy (non-hydrogen) atoms. The number of aromatic nitrogens is 5. The minimum atomic E-state index is -4.73. The quantitative estimate of drug-likeness (QED) is 0.327. The molecule has 196 valence electrons. The smallest absolute Gasteiger partial charge is 0.378 e. The van der Waals surface area contributed by atoms with Gasteiger partial charge in [-0.2, -0.15) is 13.2 Å². The van der Waals surface area contributed by atoms with Crippen LogP contribution in [-0.4, -0.2) is 61.2 Å². The molecular formula is C23H25F3N8O3. The third-order valence-electron chi connectivity index (χ3n) is 6.29. The van der Waals surface area contributed by atoms with Crippen LogP contribution in [0, 0.1) is 0 Å². The average Bonchev–Trinajstić information content (AvgIpc) is 3.28. The summed E-state index contributed by atoms with van der Waals surface area (Å²) in [5.74, 6) is 0.914. The van der Waals surface area contributed by atoms with E-state index < -0.39 is 23.5 Å². The molecule has 4 heterocycles. The van der Waals surface area contributed by atoms with Crippen molar-refractivity contribution in [3.8, 4) is 5.69 Å². The standard InChI is InChI=1S/C23H25F3N8O3/c24-23(25,26)17-2-1-7-34(21(17)36)16-5-6-19(27-9-16)29-13-3-4-14(8-13)31-22-28-10-18(32-33-22)20(35)30-15-11-37-12-15/h1-2,5-7,9-10,13-15,20,30,35H,3-4,8,11-12H2,(H,27,29)(H,28,31,33)/t13-,14-,20?/m0/s1. The van der Waals surface area contributed by atoms with E-state index >= 15 is 0 Å². The lowest BCUT2D eigenvalue weighted by Crippen LogP contribution is -2.47. The van der Waals surface area contributed by atoms with Crippen molar-refractivity contribution in [2.24, 2.45) is 0 Å². The minimum absolute atomic E-state index is 0.0895. The van der Waals surface area contributed by atoms with Gasteiger partial charge in [0.2, 0.25) is 5.95 Å². The number of aliphatic hydroxyl groups is 1. The van der Waals surface area contributed by atoms with E-state index in [1.54, 1.807) is 12.1 Å². The molecule has 3 aromatic rings. The Morgan fingerprint density at radius 1 is 1.03 bits per heavy atom. The van der Waals surface area contributed by atoms with Crippen LogP contribution >= 0.6 is 0 Å². The van der Waals surface area contributed by atoms with Gasteiger partial charge in [-0.1, -0.05) is 0 Å². The molecule has 14 heteroatoms. The molecule has 1 saturated heterocycles. The second-order valence-electron chi connectivity index (χ2n) is 9.00. The van der Waals surface area contributed by atoms with Gasteiger partial charge in [0.05, 0.1) is 37.3 Å². The van der Waals surface area contributed by atoms with Crippen LogP contribution in [0.2, 0.25) is 0 Å². The third-order valence-corrected chi connectivity index (χ3v) is 6.29. The monoisotopic (exact) mass is 518 g/mol. The van der Waals surface area contributed by atoms with E-state index in [1.165, 1.54) is 24.7 Å². The van der Waals surface area contributed by atoms with E-state index in [9.17, 15) is 23.1 Å². The van der Waals surface area contributed by atoms with E-state index in [0.29, 0.717) is 30.7 Å². The molecule has 11 nitrogen and oxygen atoms in total. The maximum Gasteiger partial charge on any atom is 0.421 e. The second kappa shape index (κ2) is 10.4. The van der Waals surface area contributed by atoms with Crippen molar-refractivity contribution in [2.75, 3.05) is 23.8 Å². The molecule has 0 bridgehead atoms. The number of alkyl halides is 3. The number of hydrogen-bond acceptors (Lipinski definition) is 10. The van der Waals surface area contributed by atoms with Crippen LogP contribution in [0.3, 0.4) is 0 Å². The lowest BCUT2D eigenvalue weighted by atomic mass is 10.2. The Labute approximate surface area is 209 Å². The molecule has 5 rings (SSSR count). The number of hydrogen-bond donors (Lipinski definition) is 4. The van der Waals surface area contributed by atoms with E-state index in [0.717, 1.165) is 29.9 Å². The maximum atomic E-state index is 13.0. The lowest BCUT2D eigenvalue weighted by molar-refractivity contribution is -0.138. The van der Waals surface area contributed by atoms with Crippen LogP contribution in [0.4, 0.5) is 24.9 Å². The fraction of sp³-hybridized carbons (Fsp3) is 0.435. The van der Waals surface area contributed by atoms with Gasteiger partial charge in [-0.3, -0.25) is 14.7 Å². The summed E-state index contributed by atoms with van der Waals surface area (Å²) in [4.78, 5) is 20.7. The minimum Gasteiger partial charge on any atom is -0.378 e. The predicted octanol–water partition coefficient (Wildman–Crippen LogP) is 1.86. The Morgan fingerprint density at radius 3 is 2.43 bits per heavy atom. The molecule has 1 aliphatic heterocycles. The average molecular weight is 519 g/mol. The van der Waals surface area contributed by atoms with Gasteiger partial charge < -0.3 is 20.5 Å². The molecule has 1 unspecified atom stereocenters. The molecule has 0 amide bonds. The zero-order valence-corrected chi connectivity index (χ0v) is 19.5. The van der Waals surface area contributed by atoms with Crippen LogP contribution < -0.4 is 21.5 Å². The normalized spacial score (nSPS) is 20.9. The van der Waals surface area contributed by atoms with Gasteiger partial charge in [-0.15, -0.1) is 10.2 Å². The fourth-order valence-corrected chi connectivity index (χ4v) is 4.28. The number of nitrogens with one attached hydrogen (secondary N) is 3. The van der Waals surface area contributed by atoms with Gasteiger partial charge in [-0.05, 0) is 43.5 Å². The summed E-state index contributed by atoms with van der Waals surface area (Å²) in [6.07, 6.45) is 0.878. The van der Waals surface area contributed by atoms with Crippen LogP contribution in [0.15, 0.2) is 47.7 Å². The van der Waals surface area contributed by atoms with Crippen molar-refractivity contribution >= 4 is 11.8 Å². The SMILES string of the molecule is O=c1c(C(F)(F)F)cccn1-c1ccc(N[C@H]2CC[C@H](Nc3ncc(C(O)NC4COC4)nn3)C2)nc1. The first-order valence-corrected chi connectivity index (χ1v) is 11.8. The Balaban J connectivity index is 1.14. The van der Waals surface area contributed by atoms with Gasteiger partial charge in [0.25, 0.3) is 5.56 Å². The summed E-state index contributed by atoms with van der Waals surface area (Å²) in [5, 5.41) is 27.8. The molecule has 3 aromatic heterocycles. The van der Waals surface area contributed by atoms with E-state index in [2.05, 4.69) is 36.1 Å². The summed E-state index contributed by atoms with van der Waals surface area (Å²) in [7, 11) is 0. The molecular weight excluding hydrogens is 493 g/mol. The van der Waals surface area contributed by atoms with Gasteiger partial charge in [0.15, 0.2) is 6.23 Å². The molecule has 0 radical (unpaired) electrons. The Hall–Kier alpha value is -3.62.